The van der Waals surface area contributed by atoms with Crippen LogP contribution in [0.3, 0.4) is 0 Å². The topological polar surface area (TPSA) is 98.3 Å². The van der Waals surface area contributed by atoms with E-state index in [0.29, 0.717) is 16.9 Å². The highest BCUT2D eigenvalue weighted by atomic mass is 32.1. The minimum Gasteiger partial charge on any atom is -0.441 e. The number of carbonyl (C=O) groups excluding carboxylic acids is 1. The van der Waals surface area contributed by atoms with Crippen LogP contribution in [0.25, 0.3) is 0 Å². The Hall–Kier alpha value is -3.86. The number of aliphatic imine (C=N–C) groups is 2. The van der Waals surface area contributed by atoms with Gasteiger partial charge >= 0.3 is 12.5 Å². The van der Waals surface area contributed by atoms with Gasteiger partial charge in [-0.25, -0.2) is 14.8 Å². The molecular weight excluding hydrogens is 457 g/mol. The first kappa shape index (κ1) is 23.8. The molecule has 1 aromatic heterocycles. The van der Waals surface area contributed by atoms with Gasteiger partial charge in [0.25, 0.3) is 0 Å². The van der Waals surface area contributed by atoms with E-state index >= 15 is 0 Å². The van der Waals surface area contributed by atoms with Crippen molar-refractivity contribution in [2.45, 2.75) is 19.4 Å². The van der Waals surface area contributed by atoms with Crippen LogP contribution in [0, 0.1) is 0 Å². The number of benzene rings is 2. The third-order valence-corrected chi connectivity index (χ3v) is 4.90. The van der Waals surface area contributed by atoms with Crippen molar-refractivity contribution in [1.29, 1.82) is 0 Å². The molecule has 1 heterocycles. The Balaban J connectivity index is 1.53. The van der Waals surface area contributed by atoms with Crippen molar-refractivity contribution >= 4 is 41.0 Å². The molecule has 11 heteroatoms. The highest BCUT2D eigenvalue weighted by Crippen LogP contribution is 2.25. The number of nitrogens with zero attached hydrogens (tertiary/aromatic N) is 2. The number of rotatable bonds is 7. The fraction of sp³-hybridized carbons (Fsp3) is 0.136. The van der Waals surface area contributed by atoms with Crippen LogP contribution in [0.1, 0.15) is 24.2 Å². The number of alkyl halides is 3. The molecule has 33 heavy (non-hydrogen) atoms. The van der Waals surface area contributed by atoms with Gasteiger partial charge in [0.15, 0.2) is 0 Å². The van der Waals surface area contributed by atoms with Crippen LogP contribution in [-0.2, 0) is 4.74 Å². The second kappa shape index (κ2) is 10.6. The monoisotopic (exact) mass is 476 g/mol. The van der Waals surface area contributed by atoms with E-state index in [-0.39, 0.29) is 17.7 Å². The quantitative estimate of drug-likeness (QED) is 0.322. The highest BCUT2D eigenvalue weighted by molar-refractivity contribution is 7.07. The van der Waals surface area contributed by atoms with E-state index in [1.54, 1.807) is 31.2 Å². The molecule has 0 spiro atoms. The van der Waals surface area contributed by atoms with Crippen LogP contribution in [-0.4, -0.2) is 24.6 Å². The minimum absolute atomic E-state index is 0.163. The summed E-state index contributed by atoms with van der Waals surface area (Å²) in [6, 6.07) is 13.5. The summed E-state index contributed by atoms with van der Waals surface area (Å²) in [4.78, 5) is 20.1. The summed E-state index contributed by atoms with van der Waals surface area (Å²) in [5.74, 6) is -0.182. The summed E-state index contributed by atoms with van der Waals surface area (Å²) in [6.45, 7) is 1.79. The molecule has 0 aliphatic rings. The maximum Gasteiger partial charge on any atom is 0.573 e. The predicted octanol–water partition coefficient (Wildman–Crippen LogP) is 6.02. The highest BCUT2D eigenvalue weighted by Gasteiger charge is 2.30. The van der Waals surface area contributed by atoms with Crippen LogP contribution >= 0.6 is 11.3 Å². The number of anilines is 1. The van der Waals surface area contributed by atoms with Crippen LogP contribution in [0.15, 0.2) is 75.3 Å². The standard InChI is InChI=1S/C22H19F3N4O3S/c1-14(16-10-11-33-12-16)31-21(30)29-18-4-2-15(3-5-18)20(26)28-13-27-17-6-8-19(9-7-17)32-22(23,24)25/h2-14H,1H3,(H,29,30)(H2,26,27,28). The van der Waals surface area contributed by atoms with Gasteiger partial charge in [-0.05, 0) is 72.3 Å². The smallest absolute Gasteiger partial charge is 0.441 e. The van der Waals surface area contributed by atoms with E-state index in [1.165, 1.54) is 29.8 Å². The fourth-order valence-corrected chi connectivity index (χ4v) is 3.31. The lowest BCUT2D eigenvalue weighted by Crippen LogP contribution is -2.16. The number of hydrogen-bond donors (Lipinski definition) is 2. The number of amides is 1. The lowest BCUT2D eigenvalue weighted by molar-refractivity contribution is -0.274. The van der Waals surface area contributed by atoms with E-state index in [4.69, 9.17) is 10.5 Å². The Labute approximate surface area is 191 Å². The Morgan fingerprint density at radius 2 is 1.82 bits per heavy atom. The fourth-order valence-electron chi connectivity index (χ4n) is 2.57. The molecule has 0 aliphatic heterocycles. The summed E-state index contributed by atoms with van der Waals surface area (Å²) in [7, 11) is 0. The van der Waals surface area contributed by atoms with Crippen LogP contribution < -0.4 is 15.8 Å². The summed E-state index contributed by atoms with van der Waals surface area (Å²) < 4.78 is 45.6. The van der Waals surface area contributed by atoms with Gasteiger partial charge in [0, 0.05) is 16.8 Å². The second-order valence-electron chi connectivity index (χ2n) is 6.61. The average molecular weight is 476 g/mol. The SMILES string of the molecule is CC(OC(=O)Nc1ccc(C(N)=NC=Nc2ccc(OC(F)(F)F)cc2)cc1)c1ccsc1. The zero-order chi connectivity index (χ0) is 23.8. The van der Waals surface area contributed by atoms with E-state index in [2.05, 4.69) is 20.0 Å². The van der Waals surface area contributed by atoms with E-state index in [1.807, 2.05) is 16.8 Å². The molecule has 0 saturated heterocycles. The largest absolute Gasteiger partial charge is 0.573 e. The summed E-state index contributed by atoms with van der Waals surface area (Å²) in [6.07, 6.45) is -4.52. The maximum atomic E-state index is 12.2. The van der Waals surface area contributed by atoms with Crippen molar-refractivity contribution in [2.24, 2.45) is 15.7 Å². The molecule has 3 rings (SSSR count). The molecule has 1 atom stereocenters. The Bertz CT molecular complexity index is 1110. The number of amidine groups is 1. The van der Waals surface area contributed by atoms with Crippen molar-refractivity contribution in [3.05, 3.63) is 76.5 Å². The van der Waals surface area contributed by atoms with Crippen LogP contribution in [0.5, 0.6) is 5.75 Å². The molecule has 0 aliphatic carbocycles. The number of carbonyl (C=O) groups is 1. The molecule has 3 aromatic rings. The lowest BCUT2D eigenvalue weighted by Gasteiger charge is -2.13. The van der Waals surface area contributed by atoms with Gasteiger partial charge in [0.05, 0.1) is 5.69 Å². The molecular formula is C22H19F3N4O3S. The molecule has 1 amide bonds. The normalized spacial score (nSPS) is 13.0. The van der Waals surface area contributed by atoms with Gasteiger partial charge in [0.2, 0.25) is 0 Å². The molecule has 0 fully saturated rings. The lowest BCUT2D eigenvalue weighted by atomic mass is 10.2. The summed E-state index contributed by atoms with van der Waals surface area (Å²) in [5.41, 5.74) is 8.32. The predicted molar refractivity (Wildman–Crippen MR) is 121 cm³/mol. The first-order valence-electron chi connectivity index (χ1n) is 9.51. The van der Waals surface area contributed by atoms with Crippen molar-refractivity contribution in [3.8, 4) is 5.75 Å². The van der Waals surface area contributed by atoms with Gasteiger partial charge in [-0.1, -0.05) is 0 Å². The van der Waals surface area contributed by atoms with E-state index in [0.717, 1.165) is 17.7 Å². The average Bonchev–Trinajstić information content (AvgIpc) is 3.29. The zero-order valence-electron chi connectivity index (χ0n) is 17.2. The molecule has 1 unspecified atom stereocenters. The number of halogens is 3. The third-order valence-electron chi connectivity index (χ3n) is 4.20. The van der Waals surface area contributed by atoms with E-state index < -0.39 is 12.5 Å². The molecule has 0 bridgehead atoms. The number of ether oxygens (including phenoxy) is 2. The van der Waals surface area contributed by atoms with Crippen LogP contribution in [0.2, 0.25) is 0 Å². The van der Waals surface area contributed by atoms with E-state index in [9.17, 15) is 18.0 Å². The first-order chi connectivity index (χ1) is 15.7. The number of nitrogens with one attached hydrogen (secondary N) is 1. The Morgan fingerprint density at radius 3 is 2.42 bits per heavy atom. The van der Waals surface area contributed by atoms with Gasteiger partial charge in [0.1, 0.15) is 24.0 Å². The Kier molecular flexibility index (Phi) is 7.67. The van der Waals surface area contributed by atoms with Crippen molar-refractivity contribution in [3.63, 3.8) is 0 Å². The molecule has 7 nitrogen and oxygen atoms in total. The van der Waals surface area contributed by atoms with Crippen molar-refractivity contribution in [2.75, 3.05) is 5.32 Å². The van der Waals surface area contributed by atoms with Crippen molar-refractivity contribution < 1.29 is 27.4 Å². The van der Waals surface area contributed by atoms with Gasteiger partial charge in [-0.2, -0.15) is 11.3 Å². The van der Waals surface area contributed by atoms with Crippen molar-refractivity contribution in [1.82, 2.24) is 0 Å². The number of thiophene rings is 1. The molecule has 0 radical (unpaired) electrons. The van der Waals surface area contributed by atoms with Gasteiger partial charge < -0.3 is 15.2 Å². The number of hydrogen-bond acceptors (Lipinski definition) is 5. The molecule has 172 valence electrons. The molecule has 0 saturated carbocycles. The van der Waals surface area contributed by atoms with Gasteiger partial charge in [-0.15, -0.1) is 13.2 Å². The molecule has 3 N–H and O–H groups in total. The summed E-state index contributed by atoms with van der Waals surface area (Å²) >= 11 is 1.52. The zero-order valence-corrected chi connectivity index (χ0v) is 18.1. The Morgan fingerprint density at radius 1 is 1.12 bits per heavy atom. The third kappa shape index (κ3) is 7.65. The molecule has 2 aromatic carbocycles. The van der Waals surface area contributed by atoms with Gasteiger partial charge in [-0.3, -0.25) is 5.32 Å². The summed E-state index contributed by atoms with van der Waals surface area (Å²) in [5, 5.41) is 6.46. The second-order valence-corrected chi connectivity index (χ2v) is 7.39. The number of nitrogens with two attached hydrogens (primary N) is 1. The van der Waals surface area contributed by atoms with Crippen LogP contribution in [0.4, 0.5) is 29.3 Å². The maximum absolute atomic E-state index is 12.2. The first-order valence-corrected chi connectivity index (χ1v) is 10.5. The minimum atomic E-state index is -4.75.